The van der Waals surface area contributed by atoms with Gasteiger partial charge in [0.05, 0.1) is 0 Å². The summed E-state index contributed by atoms with van der Waals surface area (Å²) in [6.45, 7) is 8.98. The number of carbonyl (C=O) groups excluding carboxylic acids is 1. The maximum atomic E-state index is 11.7. The molecule has 0 aliphatic rings. The van der Waals surface area contributed by atoms with Gasteiger partial charge in [-0.05, 0) is 0 Å². The predicted octanol–water partition coefficient (Wildman–Crippen LogP) is 3.45. The minimum absolute atomic E-state index is 0.0226. The van der Waals surface area contributed by atoms with Gasteiger partial charge in [-0.15, -0.1) is 0 Å². The summed E-state index contributed by atoms with van der Waals surface area (Å²) in [4.78, 5) is 11.7. The molecule has 2 nitrogen and oxygen atoms in total. The van der Waals surface area contributed by atoms with E-state index in [2.05, 4.69) is 13.8 Å². The van der Waals surface area contributed by atoms with Gasteiger partial charge in [-0.3, -0.25) is 0 Å². The monoisotopic (exact) mass is 330 g/mol. The Balaban J connectivity index is 3.80. The van der Waals surface area contributed by atoms with Crippen LogP contribution < -0.4 is 0 Å². The van der Waals surface area contributed by atoms with Crippen molar-refractivity contribution in [2.45, 2.75) is 61.3 Å². The molecule has 0 saturated carbocycles. The number of esters is 1. The van der Waals surface area contributed by atoms with Crippen LogP contribution in [-0.2, 0) is 9.53 Å². The predicted molar refractivity (Wildman–Crippen MR) is 65.4 cm³/mol. The first-order valence-electron chi connectivity index (χ1n) is 5.85. The Hall–Kier alpha value is 0.260. The van der Waals surface area contributed by atoms with Crippen LogP contribution in [0.15, 0.2) is 0 Å². The van der Waals surface area contributed by atoms with Crippen LogP contribution in [0.1, 0.15) is 53.4 Å². The molecule has 0 unspecified atom stereocenters. The second-order valence-corrected chi connectivity index (χ2v) is 9.10. The van der Waals surface area contributed by atoms with E-state index < -0.39 is 0 Å². The van der Waals surface area contributed by atoms with Crippen molar-refractivity contribution >= 4 is 26.9 Å². The average molecular weight is 328 g/mol. The fourth-order valence-electron chi connectivity index (χ4n) is 1.01. The Labute approximate surface area is 104 Å². The van der Waals surface area contributed by atoms with Crippen molar-refractivity contribution in [3.8, 4) is 0 Å². The molecular weight excluding hydrogens is 304 g/mol. The van der Waals surface area contributed by atoms with Crippen LogP contribution in [0.2, 0.25) is 7.93 Å². The summed E-state index contributed by atoms with van der Waals surface area (Å²) in [6, 6.07) is 0. The molecule has 0 saturated heterocycles. The first-order valence-corrected chi connectivity index (χ1v) is 8.67. The first-order chi connectivity index (χ1) is 7.04. The number of hydrogen-bond donors (Lipinski definition) is 0. The van der Waals surface area contributed by atoms with Gasteiger partial charge in [0.2, 0.25) is 0 Å². The summed E-state index contributed by atoms with van der Waals surface area (Å²) in [5.41, 5.74) is 0. The third-order valence-corrected chi connectivity index (χ3v) is 6.13. The van der Waals surface area contributed by atoms with E-state index in [9.17, 15) is 4.79 Å². The molecule has 0 amide bonds. The SMILES string of the molecule is CCCCOC(=O)C(C)(C)[Te]CCCC. The number of ether oxygens (including phenoxy) is 1. The van der Waals surface area contributed by atoms with Gasteiger partial charge in [-0.25, -0.2) is 0 Å². The van der Waals surface area contributed by atoms with E-state index in [1.54, 1.807) is 0 Å². The standard InChI is InChI=1S/C12H24O2Te/c1-5-7-9-14-11(13)12(3,4)15-10-8-6-2/h5-10H2,1-4H3. The van der Waals surface area contributed by atoms with Gasteiger partial charge >= 0.3 is 104 Å². The van der Waals surface area contributed by atoms with Crippen molar-refractivity contribution in [1.29, 1.82) is 0 Å². The number of rotatable bonds is 8. The van der Waals surface area contributed by atoms with Crippen molar-refractivity contribution in [2.75, 3.05) is 6.61 Å². The van der Waals surface area contributed by atoms with E-state index in [0.29, 0.717) is 6.61 Å². The van der Waals surface area contributed by atoms with Crippen LogP contribution in [0.4, 0.5) is 0 Å². The zero-order chi connectivity index (χ0) is 11.7. The summed E-state index contributed by atoms with van der Waals surface area (Å²) in [7, 11) is 0. The zero-order valence-electron chi connectivity index (χ0n) is 10.5. The van der Waals surface area contributed by atoms with Gasteiger partial charge in [-0.1, -0.05) is 0 Å². The number of unbranched alkanes of at least 4 members (excludes halogenated alkanes) is 2. The van der Waals surface area contributed by atoms with Gasteiger partial charge in [0.1, 0.15) is 0 Å². The average Bonchev–Trinajstić information content (AvgIpc) is 2.18. The molecule has 0 aliphatic heterocycles. The van der Waals surface area contributed by atoms with Crippen molar-refractivity contribution in [3.63, 3.8) is 0 Å². The molecule has 0 aliphatic carbocycles. The normalized spacial score (nSPS) is 11.5. The van der Waals surface area contributed by atoms with Crippen LogP contribution >= 0.6 is 0 Å². The summed E-state index contributed by atoms with van der Waals surface area (Å²) in [5, 5.41) is 0. The van der Waals surface area contributed by atoms with E-state index in [0.717, 1.165) is 12.8 Å². The quantitative estimate of drug-likeness (QED) is 0.388. The molecule has 0 aromatic heterocycles. The van der Waals surface area contributed by atoms with E-state index >= 15 is 0 Å². The van der Waals surface area contributed by atoms with Gasteiger partial charge in [-0.2, -0.15) is 0 Å². The molecule has 90 valence electrons. The van der Waals surface area contributed by atoms with Gasteiger partial charge in [0.15, 0.2) is 0 Å². The molecule has 0 heterocycles. The summed E-state index contributed by atoms with van der Waals surface area (Å²) >= 11 is -0.247. The van der Waals surface area contributed by atoms with Gasteiger partial charge < -0.3 is 0 Å². The molecular formula is C12H24O2Te. The molecule has 0 atom stereocenters. The molecule has 0 fully saturated rings. The number of hydrogen-bond acceptors (Lipinski definition) is 2. The fourth-order valence-corrected chi connectivity index (χ4v) is 4.21. The van der Waals surface area contributed by atoms with E-state index in [1.807, 2.05) is 13.8 Å². The van der Waals surface area contributed by atoms with Gasteiger partial charge in [0, 0.05) is 0 Å². The topological polar surface area (TPSA) is 26.3 Å². The third-order valence-electron chi connectivity index (χ3n) is 2.18. The molecule has 0 N–H and O–H groups in total. The Morgan fingerprint density at radius 3 is 2.33 bits per heavy atom. The van der Waals surface area contributed by atoms with E-state index in [-0.39, 0.29) is 30.4 Å². The molecule has 0 bridgehead atoms. The van der Waals surface area contributed by atoms with Crippen molar-refractivity contribution in [1.82, 2.24) is 0 Å². The Bertz CT molecular complexity index is 178. The zero-order valence-corrected chi connectivity index (χ0v) is 12.8. The Morgan fingerprint density at radius 1 is 1.20 bits per heavy atom. The molecule has 15 heavy (non-hydrogen) atoms. The second kappa shape index (κ2) is 8.42. The van der Waals surface area contributed by atoms with E-state index in [4.69, 9.17) is 4.74 Å². The van der Waals surface area contributed by atoms with Crippen LogP contribution in [0.3, 0.4) is 0 Å². The minimum atomic E-state index is -0.247. The Morgan fingerprint density at radius 2 is 1.80 bits per heavy atom. The molecule has 0 radical (unpaired) electrons. The van der Waals surface area contributed by atoms with Crippen molar-refractivity contribution in [3.05, 3.63) is 0 Å². The van der Waals surface area contributed by atoms with Crippen LogP contribution in [0.5, 0.6) is 0 Å². The van der Waals surface area contributed by atoms with E-state index in [1.165, 1.54) is 17.3 Å². The third kappa shape index (κ3) is 7.19. The van der Waals surface area contributed by atoms with Crippen molar-refractivity contribution in [2.24, 2.45) is 0 Å². The van der Waals surface area contributed by atoms with Crippen LogP contribution in [-0.4, -0.2) is 33.5 Å². The van der Waals surface area contributed by atoms with Crippen molar-refractivity contribution < 1.29 is 9.53 Å². The van der Waals surface area contributed by atoms with Crippen LogP contribution in [0.25, 0.3) is 0 Å². The summed E-state index contributed by atoms with van der Waals surface area (Å²) < 4.78 is 6.35. The van der Waals surface area contributed by atoms with Crippen LogP contribution in [0, 0.1) is 0 Å². The summed E-state index contributed by atoms with van der Waals surface area (Å²) in [6.07, 6.45) is 4.55. The number of carbonyl (C=O) groups is 1. The molecule has 0 aromatic rings. The molecule has 0 rings (SSSR count). The van der Waals surface area contributed by atoms with Gasteiger partial charge in [0.25, 0.3) is 0 Å². The molecule has 3 heteroatoms. The molecule has 0 aromatic carbocycles. The Kier molecular flexibility index (Phi) is 8.56. The second-order valence-electron chi connectivity index (χ2n) is 4.20. The fraction of sp³-hybridized carbons (Fsp3) is 0.917. The maximum absolute atomic E-state index is 11.7. The first kappa shape index (κ1) is 15.3. The molecule has 0 spiro atoms. The summed E-state index contributed by atoms with van der Waals surface area (Å²) in [5.74, 6) is 0.0226.